The first kappa shape index (κ1) is 11.6. The molecule has 2 unspecified atom stereocenters. The molecule has 1 aromatic heterocycles. The number of nitrogens with one attached hydrogen (secondary N) is 1. The van der Waals surface area contributed by atoms with E-state index < -0.39 is 18.1 Å². The highest BCUT2D eigenvalue weighted by molar-refractivity contribution is 5.76. The highest BCUT2D eigenvalue weighted by atomic mass is 16.4. The number of carboxylic acids is 1. The first-order valence-electron chi connectivity index (χ1n) is 5.12. The summed E-state index contributed by atoms with van der Waals surface area (Å²) in [6, 6.07) is 3.73. The van der Waals surface area contributed by atoms with Gasteiger partial charge in [-0.2, -0.15) is 0 Å². The van der Waals surface area contributed by atoms with Crippen LogP contribution in [0.1, 0.15) is 11.6 Å². The molecule has 1 heterocycles. The molecule has 0 radical (unpaired) electrons. The van der Waals surface area contributed by atoms with Crippen molar-refractivity contribution in [2.24, 2.45) is 5.73 Å². The van der Waals surface area contributed by atoms with Crippen molar-refractivity contribution >= 4 is 17.1 Å². The summed E-state index contributed by atoms with van der Waals surface area (Å²) in [5.74, 6) is -0.988. The fourth-order valence-electron chi connectivity index (χ4n) is 1.73. The van der Waals surface area contributed by atoms with E-state index in [0.29, 0.717) is 11.1 Å². The second kappa shape index (κ2) is 4.52. The Kier molecular flexibility index (Phi) is 3.08. The minimum atomic E-state index is -0.988. The van der Waals surface area contributed by atoms with Crippen LogP contribution in [0.5, 0.6) is 0 Å². The van der Waals surface area contributed by atoms with E-state index in [0.717, 1.165) is 5.52 Å². The van der Waals surface area contributed by atoms with E-state index >= 15 is 0 Å². The lowest BCUT2D eigenvalue weighted by Crippen LogP contribution is -2.43. The monoisotopic (exact) mass is 235 g/mol. The Labute approximate surface area is 97.4 Å². The van der Waals surface area contributed by atoms with Crippen molar-refractivity contribution in [2.75, 3.05) is 7.05 Å². The maximum Gasteiger partial charge on any atom is 0.322 e. The molecule has 0 fully saturated rings. The summed E-state index contributed by atoms with van der Waals surface area (Å²) in [7, 11) is 1.56. The number of fused-ring (bicyclic) bond motifs is 1. The maximum atomic E-state index is 11.0. The number of nitrogens with zero attached hydrogens (tertiary/aromatic N) is 1. The molecule has 0 saturated heterocycles. The van der Waals surface area contributed by atoms with Crippen LogP contribution in [0.4, 0.5) is 0 Å². The summed E-state index contributed by atoms with van der Waals surface area (Å²) >= 11 is 0. The van der Waals surface area contributed by atoms with Gasteiger partial charge in [0.25, 0.3) is 0 Å². The number of nitrogens with two attached hydrogens (primary N) is 1. The molecule has 90 valence electrons. The molecule has 0 aliphatic carbocycles. The third-order valence-corrected chi connectivity index (χ3v) is 2.68. The maximum absolute atomic E-state index is 11.0. The summed E-state index contributed by atoms with van der Waals surface area (Å²) in [5.41, 5.74) is 7.91. The van der Waals surface area contributed by atoms with E-state index in [9.17, 15) is 4.79 Å². The topological polar surface area (TPSA) is 101 Å². The van der Waals surface area contributed by atoms with Gasteiger partial charge in [-0.15, -0.1) is 0 Å². The Balaban J connectivity index is 2.34. The summed E-state index contributed by atoms with van der Waals surface area (Å²) in [6.45, 7) is 0. The number of benzene rings is 1. The van der Waals surface area contributed by atoms with Crippen molar-refractivity contribution in [3.8, 4) is 0 Å². The number of hydrogen-bond acceptors (Lipinski definition) is 5. The van der Waals surface area contributed by atoms with Gasteiger partial charge in [-0.1, -0.05) is 6.07 Å². The fourth-order valence-corrected chi connectivity index (χ4v) is 1.73. The summed E-state index contributed by atoms with van der Waals surface area (Å²) in [4.78, 5) is 15.0. The number of hydrogen-bond donors (Lipinski definition) is 3. The molecule has 4 N–H and O–H groups in total. The Morgan fingerprint density at radius 2 is 2.35 bits per heavy atom. The van der Waals surface area contributed by atoms with E-state index in [1.807, 2.05) is 0 Å². The quantitative estimate of drug-likeness (QED) is 0.713. The largest absolute Gasteiger partial charge is 0.480 e. The van der Waals surface area contributed by atoms with Gasteiger partial charge in [0.2, 0.25) is 0 Å². The third-order valence-electron chi connectivity index (χ3n) is 2.68. The minimum absolute atomic E-state index is 0.596. The molecule has 0 amide bonds. The van der Waals surface area contributed by atoms with Gasteiger partial charge in [-0.25, -0.2) is 4.98 Å². The lowest BCUT2D eigenvalue weighted by molar-refractivity contribution is -0.139. The SMILES string of the molecule is CNC(C(=O)O)C(N)c1ccc2ncoc2c1. The second-order valence-corrected chi connectivity index (χ2v) is 3.71. The molecule has 6 heteroatoms. The van der Waals surface area contributed by atoms with Crippen LogP contribution in [0.3, 0.4) is 0 Å². The molecular formula is C11H13N3O3. The zero-order valence-electron chi connectivity index (χ0n) is 9.25. The Morgan fingerprint density at radius 3 is 3.00 bits per heavy atom. The van der Waals surface area contributed by atoms with Crippen LogP contribution < -0.4 is 11.1 Å². The zero-order chi connectivity index (χ0) is 12.4. The predicted octanol–water partition coefficient (Wildman–Crippen LogP) is 0.500. The highest BCUT2D eigenvalue weighted by Gasteiger charge is 2.25. The van der Waals surface area contributed by atoms with Crippen LogP contribution in [-0.2, 0) is 4.79 Å². The first-order chi connectivity index (χ1) is 8.13. The molecule has 0 aliphatic rings. The normalized spacial score (nSPS) is 14.7. The summed E-state index contributed by atoms with van der Waals surface area (Å²) in [5, 5.41) is 11.7. The molecule has 6 nitrogen and oxygen atoms in total. The smallest absolute Gasteiger partial charge is 0.322 e. The number of carbonyl (C=O) groups is 1. The van der Waals surface area contributed by atoms with Gasteiger partial charge >= 0.3 is 5.97 Å². The van der Waals surface area contributed by atoms with Gasteiger partial charge in [-0.3, -0.25) is 4.79 Å². The second-order valence-electron chi connectivity index (χ2n) is 3.71. The lowest BCUT2D eigenvalue weighted by Gasteiger charge is -2.19. The van der Waals surface area contributed by atoms with Crippen molar-refractivity contribution in [2.45, 2.75) is 12.1 Å². The molecule has 0 spiro atoms. The van der Waals surface area contributed by atoms with Gasteiger partial charge in [0.15, 0.2) is 12.0 Å². The Hall–Kier alpha value is -1.92. The molecule has 2 rings (SSSR count). The summed E-state index contributed by atoms with van der Waals surface area (Å²) in [6.07, 6.45) is 1.34. The van der Waals surface area contributed by atoms with Gasteiger partial charge in [0.05, 0.1) is 6.04 Å². The average molecular weight is 235 g/mol. The fraction of sp³-hybridized carbons (Fsp3) is 0.273. The van der Waals surface area contributed by atoms with Gasteiger partial charge in [0.1, 0.15) is 11.6 Å². The number of aliphatic carboxylic acids is 1. The van der Waals surface area contributed by atoms with E-state index in [-0.39, 0.29) is 0 Å². The third kappa shape index (κ3) is 2.13. The molecule has 0 aliphatic heterocycles. The van der Waals surface area contributed by atoms with Crippen molar-refractivity contribution in [3.05, 3.63) is 30.2 Å². The molecule has 0 saturated carbocycles. The summed E-state index contributed by atoms with van der Waals surface area (Å²) < 4.78 is 5.15. The molecule has 0 bridgehead atoms. The molecule has 17 heavy (non-hydrogen) atoms. The van der Waals surface area contributed by atoms with E-state index in [1.165, 1.54) is 6.39 Å². The van der Waals surface area contributed by atoms with Crippen molar-refractivity contribution in [1.82, 2.24) is 10.3 Å². The number of carboxylic acid groups (broad SMARTS) is 1. The van der Waals surface area contributed by atoms with Crippen LogP contribution in [-0.4, -0.2) is 29.1 Å². The van der Waals surface area contributed by atoms with Gasteiger partial charge in [-0.05, 0) is 24.7 Å². The molecular weight excluding hydrogens is 222 g/mol. The number of aromatic nitrogens is 1. The zero-order valence-corrected chi connectivity index (χ0v) is 9.25. The van der Waals surface area contributed by atoms with Crippen LogP contribution >= 0.6 is 0 Å². The number of likely N-dealkylation sites (N-methyl/N-ethyl adjacent to an activating group) is 1. The van der Waals surface area contributed by atoms with Crippen molar-refractivity contribution in [3.63, 3.8) is 0 Å². The average Bonchev–Trinajstić information content (AvgIpc) is 2.75. The number of rotatable bonds is 4. The van der Waals surface area contributed by atoms with E-state index in [2.05, 4.69) is 10.3 Å². The van der Waals surface area contributed by atoms with Gasteiger partial charge in [0, 0.05) is 0 Å². The first-order valence-corrected chi connectivity index (χ1v) is 5.12. The van der Waals surface area contributed by atoms with E-state index in [4.69, 9.17) is 15.3 Å². The standard InChI is InChI=1S/C11H13N3O3/c1-13-10(11(15)16)9(12)6-2-3-7-8(4-6)17-5-14-7/h2-5,9-10,13H,12H2,1H3,(H,15,16). The molecule has 2 atom stereocenters. The van der Waals surface area contributed by atoms with Crippen LogP contribution in [0.15, 0.2) is 29.0 Å². The molecule has 2 aromatic rings. The van der Waals surface area contributed by atoms with Gasteiger partial charge < -0.3 is 20.6 Å². The Morgan fingerprint density at radius 1 is 1.59 bits per heavy atom. The van der Waals surface area contributed by atoms with Crippen molar-refractivity contribution < 1.29 is 14.3 Å². The Bertz CT molecular complexity index is 537. The van der Waals surface area contributed by atoms with Crippen molar-refractivity contribution in [1.29, 1.82) is 0 Å². The van der Waals surface area contributed by atoms with Crippen LogP contribution in [0.25, 0.3) is 11.1 Å². The minimum Gasteiger partial charge on any atom is -0.480 e. The lowest BCUT2D eigenvalue weighted by atomic mass is 10.00. The van der Waals surface area contributed by atoms with E-state index in [1.54, 1.807) is 25.2 Å². The molecule has 1 aromatic carbocycles. The van der Waals surface area contributed by atoms with Crippen LogP contribution in [0.2, 0.25) is 0 Å². The predicted molar refractivity (Wildman–Crippen MR) is 61.4 cm³/mol. The highest BCUT2D eigenvalue weighted by Crippen LogP contribution is 2.20. The number of oxazole rings is 1. The van der Waals surface area contributed by atoms with Crippen LogP contribution in [0, 0.1) is 0 Å².